The molecule has 0 atom stereocenters. The smallest absolute Gasteiger partial charge is 0.339 e. The molecule has 0 fully saturated rings. The number of hydrogen-bond acceptors (Lipinski definition) is 5. The Morgan fingerprint density at radius 2 is 1.90 bits per heavy atom. The lowest BCUT2D eigenvalue weighted by atomic mass is 10.2. The topological polar surface area (TPSA) is 77.9 Å². The molecule has 0 amide bonds. The van der Waals surface area contributed by atoms with Gasteiger partial charge in [-0.3, -0.25) is 0 Å². The number of nitrogens with zero attached hydrogens (tertiary/aromatic N) is 1. The van der Waals surface area contributed by atoms with Gasteiger partial charge in [-0.1, -0.05) is 17.7 Å². The second-order valence-electron chi connectivity index (χ2n) is 3.91. The zero-order valence-electron chi connectivity index (χ0n) is 11.3. The summed E-state index contributed by atoms with van der Waals surface area (Å²) < 4.78 is 15.6. The Labute approximate surface area is 125 Å². The van der Waals surface area contributed by atoms with Crippen LogP contribution in [0.2, 0.25) is 5.02 Å². The van der Waals surface area contributed by atoms with E-state index in [1.54, 1.807) is 6.07 Å². The average molecular weight is 310 g/mol. The number of methoxy groups -OCH3 is 2. The van der Waals surface area contributed by atoms with Crippen LogP contribution in [0, 0.1) is 0 Å². The number of aromatic carboxylic acids is 1. The molecule has 21 heavy (non-hydrogen) atoms. The summed E-state index contributed by atoms with van der Waals surface area (Å²) in [5, 5.41) is 9.33. The fourth-order valence-electron chi connectivity index (χ4n) is 1.62. The van der Waals surface area contributed by atoms with Gasteiger partial charge >= 0.3 is 5.97 Å². The molecule has 2 rings (SSSR count). The van der Waals surface area contributed by atoms with E-state index < -0.39 is 5.97 Å². The number of benzene rings is 1. The van der Waals surface area contributed by atoms with Crippen molar-refractivity contribution in [1.82, 2.24) is 4.98 Å². The lowest BCUT2D eigenvalue weighted by molar-refractivity contribution is 0.0694. The van der Waals surface area contributed by atoms with Crippen LogP contribution < -0.4 is 14.2 Å². The molecule has 7 heteroatoms. The molecule has 0 unspecified atom stereocenters. The number of para-hydroxylation sites is 1. The van der Waals surface area contributed by atoms with Gasteiger partial charge in [0, 0.05) is 12.1 Å². The van der Waals surface area contributed by atoms with Gasteiger partial charge in [0.1, 0.15) is 11.3 Å². The van der Waals surface area contributed by atoms with E-state index in [2.05, 4.69) is 4.98 Å². The van der Waals surface area contributed by atoms with Crippen molar-refractivity contribution in [2.75, 3.05) is 14.2 Å². The van der Waals surface area contributed by atoms with Gasteiger partial charge in [-0.25, -0.2) is 4.79 Å². The van der Waals surface area contributed by atoms with E-state index in [9.17, 15) is 4.79 Å². The maximum atomic E-state index is 11.2. The van der Waals surface area contributed by atoms with Gasteiger partial charge in [0.25, 0.3) is 0 Å². The highest BCUT2D eigenvalue weighted by Crippen LogP contribution is 2.34. The predicted octanol–water partition coefficient (Wildman–Crippen LogP) is 3.24. The van der Waals surface area contributed by atoms with Gasteiger partial charge in [-0.2, -0.15) is 4.98 Å². The third kappa shape index (κ3) is 3.35. The van der Waals surface area contributed by atoms with Gasteiger partial charge in [-0.15, -0.1) is 0 Å². The van der Waals surface area contributed by atoms with Crippen molar-refractivity contribution in [1.29, 1.82) is 0 Å². The first kappa shape index (κ1) is 14.9. The van der Waals surface area contributed by atoms with Gasteiger partial charge in [0.15, 0.2) is 5.75 Å². The van der Waals surface area contributed by atoms with Crippen molar-refractivity contribution in [3.63, 3.8) is 0 Å². The summed E-state index contributed by atoms with van der Waals surface area (Å²) in [6.45, 7) is 0. The second-order valence-corrected chi connectivity index (χ2v) is 4.32. The van der Waals surface area contributed by atoms with E-state index in [0.29, 0.717) is 5.75 Å². The number of halogens is 1. The number of rotatable bonds is 5. The number of ether oxygens (including phenoxy) is 3. The number of hydrogen-bond donors (Lipinski definition) is 1. The molecule has 0 aliphatic heterocycles. The summed E-state index contributed by atoms with van der Waals surface area (Å²) in [6.07, 6.45) is 0. The van der Waals surface area contributed by atoms with Crippen LogP contribution in [-0.2, 0) is 0 Å². The molecule has 0 aliphatic rings. The summed E-state index contributed by atoms with van der Waals surface area (Å²) >= 11 is 5.99. The highest BCUT2D eigenvalue weighted by atomic mass is 35.5. The van der Waals surface area contributed by atoms with Crippen molar-refractivity contribution in [2.24, 2.45) is 0 Å². The first-order valence-electron chi connectivity index (χ1n) is 5.85. The van der Waals surface area contributed by atoms with Crippen LogP contribution in [-0.4, -0.2) is 30.3 Å². The van der Waals surface area contributed by atoms with Crippen LogP contribution >= 0.6 is 11.6 Å². The molecule has 0 aliphatic carbocycles. The highest BCUT2D eigenvalue weighted by Gasteiger charge is 2.16. The Bertz CT molecular complexity index is 652. The Morgan fingerprint density at radius 3 is 2.52 bits per heavy atom. The number of carbonyl (C=O) groups is 1. The van der Waals surface area contributed by atoms with Crippen molar-refractivity contribution in [3.8, 4) is 23.3 Å². The van der Waals surface area contributed by atoms with Crippen molar-refractivity contribution in [2.45, 2.75) is 0 Å². The SMILES string of the molecule is COc1cc(OC)nc(Oc2c(Cl)cccc2C(=O)O)c1. The molecule has 2 aromatic rings. The van der Waals surface area contributed by atoms with Crippen LogP contribution in [0.5, 0.6) is 23.3 Å². The quantitative estimate of drug-likeness (QED) is 0.913. The highest BCUT2D eigenvalue weighted by molar-refractivity contribution is 6.32. The monoisotopic (exact) mass is 309 g/mol. The number of aromatic nitrogens is 1. The van der Waals surface area contributed by atoms with Crippen LogP contribution in [0.3, 0.4) is 0 Å². The minimum atomic E-state index is -1.15. The van der Waals surface area contributed by atoms with Crippen molar-refractivity contribution < 1.29 is 24.1 Å². The molecule has 0 bridgehead atoms. The van der Waals surface area contributed by atoms with Gasteiger partial charge in [0.05, 0.1) is 19.2 Å². The van der Waals surface area contributed by atoms with Crippen LogP contribution in [0.4, 0.5) is 0 Å². The molecule has 6 nitrogen and oxygen atoms in total. The average Bonchev–Trinajstić information content (AvgIpc) is 2.48. The third-order valence-corrected chi connectivity index (χ3v) is 2.90. The van der Waals surface area contributed by atoms with E-state index >= 15 is 0 Å². The van der Waals surface area contributed by atoms with Crippen LogP contribution in [0.1, 0.15) is 10.4 Å². The molecule has 0 radical (unpaired) electrons. The Hall–Kier alpha value is -2.47. The Balaban J connectivity index is 2.45. The minimum absolute atomic E-state index is 0.00877. The van der Waals surface area contributed by atoms with Gasteiger partial charge in [-0.05, 0) is 12.1 Å². The molecular weight excluding hydrogens is 298 g/mol. The lowest BCUT2D eigenvalue weighted by Gasteiger charge is -2.11. The Morgan fingerprint density at radius 1 is 1.19 bits per heavy atom. The largest absolute Gasteiger partial charge is 0.496 e. The lowest BCUT2D eigenvalue weighted by Crippen LogP contribution is -2.01. The maximum absolute atomic E-state index is 11.2. The molecule has 110 valence electrons. The minimum Gasteiger partial charge on any atom is -0.496 e. The van der Waals surface area contributed by atoms with Gasteiger partial charge in [0.2, 0.25) is 11.8 Å². The molecule has 1 heterocycles. The van der Waals surface area contributed by atoms with Crippen molar-refractivity contribution in [3.05, 3.63) is 40.9 Å². The van der Waals surface area contributed by atoms with E-state index in [0.717, 1.165) is 0 Å². The fourth-order valence-corrected chi connectivity index (χ4v) is 1.83. The summed E-state index contributed by atoms with van der Waals surface area (Å²) in [5.41, 5.74) is -0.0638. The summed E-state index contributed by atoms with van der Waals surface area (Å²) in [7, 11) is 2.93. The first-order valence-corrected chi connectivity index (χ1v) is 6.22. The van der Waals surface area contributed by atoms with E-state index in [-0.39, 0.29) is 28.1 Å². The zero-order valence-corrected chi connectivity index (χ0v) is 12.0. The number of carboxylic acids is 1. The molecule has 0 saturated heterocycles. The molecule has 1 N–H and O–H groups in total. The maximum Gasteiger partial charge on any atom is 0.339 e. The number of pyridine rings is 1. The molecule has 1 aromatic carbocycles. The van der Waals surface area contributed by atoms with E-state index in [1.807, 2.05) is 0 Å². The first-order chi connectivity index (χ1) is 10.0. The third-order valence-electron chi connectivity index (χ3n) is 2.60. The fraction of sp³-hybridized carbons (Fsp3) is 0.143. The van der Waals surface area contributed by atoms with Crippen LogP contribution in [0.15, 0.2) is 30.3 Å². The van der Waals surface area contributed by atoms with E-state index in [4.69, 9.17) is 30.9 Å². The predicted molar refractivity (Wildman–Crippen MR) is 75.8 cm³/mol. The van der Waals surface area contributed by atoms with Gasteiger partial charge < -0.3 is 19.3 Å². The number of carboxylic acid groups (broad SMARTS) is 1. The summed E-state index contributed by atoms with van der Waals surface area (Å²) in [4.78, 5) is 15.3. The van der Waals surface area contributed by atoms with Crippen LogP contribution in [0.25, 0.3) is 0 Å². The van der Waals surface area contributed by atoms with Crippen molar-refractivity contribution >= 4 is 17.6 Å². The zero-order chi connectivity index (χ0) is 15.4. The second kappa shape index (κ2) is 6.32. The molecule has 0 saturated carbocycles. The summed E-state index contributed by atoms with van der Waals surface area (Å²) in [5.74, 6) is -0.298. The standard InChI is InChI=1S/C14H12ClNO5/c1-19-8-6-11(20-2)16-12(7-8)21-13-9(14(17)18)4-3-5-10(13)15/h3-7H,1-2H3,(H,17,18). The summed E-state index contributed by atoms with van der Waals surface area (Å²) in [6, 6.07) is 7.51. The van der Waals surface area contributed by atoms with E-state index in [1.165, 1.54) is 38.5 Å². The molecule has 0 spiro atoms. The normalized spacial score (nSPS) is 10.0. The molecule has 1 aromatic heterocycles. The Kier molecular flexibility index (Phi) is 4.49. The molecular formula is C14H12ClNO5.